The number of rotatable bonds is 5. The predicted octanol–water partition coefficient (Wildman–Crippen LogP) is 2.87. The summed E-state index contributed by atoms with van der Waals surface area (Å²) >= 11 is 5.93. The first-order chi connectivity index (χ1) is 8.40. The van der Waals surface area contributed by atoms with Gasteiger partial charge >= 0.3 is 5.97 Å². The number of halogens is 1. The van der Waals surface area contributed by atoms with Crippen molar-refractivity contribution in [2.45, 2.75) is 26.9 Å². The van der Waals surface area contributed by atoms with Gasteiger partial charge in [0.15, 0.2) is 12.4 Å². The smallest absolute Gasteiger partial charge is 0.344 e. The van der Waals surface area contributed by atoms with E-state index >= 15 is 0 Å². The number of ketones is 1. The standard InChI is InChI=1S/C13H15ClO4/c1-8(2)18-13(16)7-17-12-5-4-10(9(3)15)6-11(12)14/h4-6,8H,7H2,1-3H3. The molecule has 0 N–H and O–H groups in total. The third-order valence-corrected chi connectivity index (χ3v) is 2.35. The zero-order chi connectivity index (χ0) is 13.7. The van der Waals surface area contributed by atoms with Crippen molar-refractivity contribution in [1.82, 2.24) is 0 Å². The molecule has 0 unspecified atom stereocenters. The molecule has 4 nitrogen and oxygen atoms in total. The molecule has 0 aromatic heterocycles. The number of carbonyl (C=O) groups is 2. The van der Waals surface area contributed by atoms with E-state index in [0.717, 1.165) is 0 Å². The molecule has 1 rings (SSSR count). The van der Waals surface area contributed by atoms with Gasteiger partial charge in [-0.15, -0.1) is 0 Å². The van der Waals surface area contributed by atoms with Crippen LogP contribution < -0.4 is 4.74 Å². The summed E-state index contributed by atoms with van der Waals surface area (Å²) in [6.45, 7) is 4.75. The second-order valence-corrected chi connectivity index (χ2v) is 4.44. The van der Waals surface area contributed by atoms with Crippen LogP contribution in [0.25, 0.3) is 0 Å². The first-order valence-corrected chi connectivity index (χ1v) is 5.90. The highest BCUT2D eigenvalue weighted by Gasteiger charge is 2.10. The normalized spacial score (nSPS) is 10.3. The summed E-state index contributed by atoms with van der Waals surface area (Å²) < 4.78 is 10.1. The van der Waals surface area contributed by atoms with Gasteiger partial charge in [-0.25, -0.2) is 4.79 Å². The van der Waals surface area contributed by atoms with E-state index < -0.39 is 5.97 Å². The van der Waals surface area contributed by atoms with Gasteiger partial charge in [-0.3, -0.25) is 4.79 Å². The summed E-state index contributed by atoms with van der Waals surface area (Å²) in [4.78, 5) is 22.4. The van der Waals surface area contributed by atoms with Crippen LogP contribution in [0.3, 0.4) is 0 Å². The van der Waals surface area contributed by atoms with Gasteiger partial charge in [0.2, 0.25) is 0 Å². The van der Waals surface area contributed by atoms with Gasteiger partial charge in [0.25, 0.3) is 0 Å². The van der Waals surface area contributed by atoms with Gasteiger partial charge in [0.1, 0.15) is 5.75 Å². The van der Waals surface area contributed by atoms with E-state index in [1.165, 1.54) is 13.0 Å². The average molecular weight is 271 g/mol. The Balaban J connectivity index is 2.63. The molecule has 98 valence electrons. The van der Waals surface area contributed by atoms with Gasteiger partial charge in [-0.05, 0) is 39.0 Å². The molecule has 0 aliphatic rings. The van der Waals surface area contributed by atoms with Crippen molar-refractivity contribution < 1.29 is 19.1 Å². The highest BCUT2D eigenvalue weighted by molar-refractivity contribution is 6.32. The number of Topliss-reactive ketones (excluding diaryl/α,β-unsaturated/α-hetero) is 1. The zero-order valence-electron chi connectivity index (χ0n) is 10.5. The molecule has 1 aromatic carbocycles. The van der Waals surface area contributed by atoms with Crippen molar-refractivity contribution in [2.24, 2.45) is 0 Å². The molecule has 0 heterocycles. The Bertz CT molecular complexity index is 454. The fraction of sp³-hybridized carbons (Fsp3) is 0.385. The lowest BCUT2D eigenvalue weighted by Gasteiger charge is -2.10. The Labute approximate surface area is 111 Å². The molecule has 0 saturated carbocycles. The molecule has 0 atom stereocenters. The highest BCUT2D eigenvalue weighted by atomic mass is 35.5. The minimum atomic E-state index is -0.461. The van der Waals surface area contributed by atoms with E-state index in [1.54, 1.807) is 26.0 Å². The topological polar surface area (TPSA) is 52.6 Å². The van der Waals surface area contributed by atoms with Crippen molar-refractivity contribution >= 4 is 23.4 Å². The van der Waals surface area contributed by atoms with Crippen molar-refractivity contribution in [3.8, 4) is 5.75 Å². The number of hydrogen-bond donors (Lipinski definition) is 0. The maximum absolute atomic E-state index is 11.3. The molecule has 0 aliphatic heterocycles. The fourth-order valence-corrected chi connectivity index (χ4v) is 1.51. The van der Waals surface area contributed by atoms with Gasteiger partial charge in [-0.1, -0.05) is 11.6 Å². The first kappa shape index (κ1) is 14.5. The van der Waals surface area contributed by atoms with Gasteiger partial charge in [0, 0.05) is 5.56 Å². The van der Waals surface area contributed by atoms with E-state index in [1.807, 2.05) is 0 Å². The molecule has 18 heavy (non-hydrogen) atoms. The summed E-state index contributed by atoms with van der Waals surface area (Å²) in [5, 5.41) is 0.292. The fourth-order valence-electron chi connectivity index (χ4n) is 1.27. The summed E-state index contributed by atoms with van der Waals surface area (Å²) in [6.07, 6.45) is -0.184. The lowest BCUT2D eigenvalue weighted by atomic mass is 10.1. The minimum absolute atomic E-state index is 0.0809. The monoisotopic (exact) mass is 270 g/mol. The molecule has 0 saturated heterocycles. The SMILES string of the molecule is CC(=O)c1ccc(OCC(=O)OC(C)C)c(Cl)c1. The van der Waals surface area contributed by atoms with E-state index in [-0.39, 0.29) is 18.5 Å². The molecule has 0 spiro atoms. The average Bonchev–Trinajstić information content (AvgIpc) is 2.26. The molecule has 0 radical (unpaired) electrons. The molecular formula is C13H15ClO4. The lowest BCUT2D eigenvalue weighted by molar-refractivity contribution is -0.149. The number of benzene rings is 1. The summed E-state index contributed by atoms with van der Waals surface area (Å²) in [5.74, 6) is -0.193. The van der Waals surface area contributed by atoms with Crippen LogP contribution in [0.2, 0.25) is 5.02 Å². The Morgan fingerprint density at radius 2 is 2.00 bits per heavy atom. The van der Waals surface area contributed by atoms with E-state index in [4.69, 9.17) is 21.1 Å². The van der Waals surface area contributed by atoms with E-state index in [2.05, 4.69) is 0 Å². The van der Waals surface area contributed by atoms with Gasteiger partial charge in [-0.2, -0.15) is 0 Å². The van der Waals surface area contributed by atoms with Crippen LogP contribution in [-0.4, -0.2) is 24.5 Å². The van der Waals surface area contributed by atoms with Crippen molar-refractivity contribution in [2.75, 3.05) is 6.61 Å². The minimum Gasteiger partial charge on any atom is -0.480 e. The van der Waals surface area contributed by atoms with Gasteiger partial charge in [0.05, 0.1) is 11.1 Å². The summed E-state index contributed by atoms with van der Waals surface area (Å²) in [5.41, 5.74) is 0.497. The van der Waals surface area contributed by atoms with E-state index in [9.17, 15) is 9.59 Å². The third kappa shape index (κ3) is 4.37. The second kappa shape index (κ2) is 6.40. The first-order valence-electron chi connectivity index (χ1n) is 5.53. The third-order valence-electron chi connectivity index (χ3n) is 2.05. The molecule has 5 heteroatoms. The molecule has 1 aromatic rings. The van der Waals surface area contributed by atoms with Crippen molar-refractivity contribution in [1.29, 1.82) is 0 Å². The van der Waals surface area contributed by atoms with Crippen LogP contribution in [0.15, 0.2) is 18.2 Å². The summed E-state index contributed by atoms with van der Waals surface area (Å²) in [7, 11) is 0. The predicted molar refractivity (Wildman–Crippen MR) is 68.2 cm³/mol. The Morgan fingerprint density at radius 1 is 1.33 bits per heavy atom. The van der Waals surface area contributed by atoms with Crippen LogP contribution in [0.1, 0.15) is 31.1 Å². The van der Waals surface area contributed by atoms with E-state index in [0.29, 0.717) is 16.3 Å². The Morgan fingerprint density at radius 3 is 2.50 bits per heavy atom. The van der Waals surface area contributed by atoms with Crippen LogP contribution in [-0.2, 0) is 9.53 Å². The number of hydrogen-bond acceptors (Lipinski definition) is 4. The molecule has 0 amide bonds. The van der Waals surface area contributed by atoms with Crippen LogP contribution in [0.5, 0.6) is 5.75 Å². The zero-order valence-corrected chi connectivity index (χ0v) is 11.3. The number of ether oxygens (including phenoxy) is 2. The quantitative estimate of drug-likeness (QED) is 0.610. The number of esters is 1. The maximum Gasteiger partial charge on any atom is 0.344 e. The Hall–Kier alpha value is -1.55. The van der Waals surface area contributed by atoms with Crippen molar-refractivity contribution in [3.05, 3.63) is 28.8 Å². The second-order valence-electron chi connectivity index (χ2n) is 4.03. The van der Waals surface area contributed by atoms with Gasteiger partial charge < -0.3 is 9.47 Å². The molecular weight excluding hydrogens is 256 g/mol. The van der Waals surface area contributed by atoms with Crippen molar-refractivity contribution in [3.63, 3.8) is 0 Å². The molecule has 0 bridgehead atoms. The van der Waals surface area contributed by atoms with Crippen LogP contribution >= 0.6 is 11.6 Å². The summed E-state index contributed by atoms with van der Waals surface area (Å²) in [6, 6.07) is 4.66. The highest BCUT2D eigenvalue weighted by Crippen LogP contribution is 2.25. The largest absolute Gasteiger partial charge is 0.480 e. The van der Waals surface area contributed by atoms with Crippen LogP contribution in [0.4, 0.5) is 0 Å². The Kier molecular flexibility index (Phi) is 5.16. The van der Waals surface area contributed by atoms with Crippen LogP contribution in [0, 0.1) is 0 Å². The molecule has 0 aliphatic carbocycles. The maximum atomic E-state index is 11.3. The molecule has 0 fully saturated rings. The lowest BCUT2D eigenvalue weighted by Crippen LogP contribution is -2.18. The number of carbonyl (C=O) groups excluding carboxylic acids is 2.